The minimum Gasteiger partial charge on any atom is -0.384 e. The number of carbonyl (C=O) groups excluding carboxylic acids is 1. The van der Waals surface area contributed by atoms with Crippen LogP contribution in [0.15, 0.2) is 12.3 Å². The molecule has 1 amide bonds. The van der Waals surface area contributed by atoms with Crippen LogP contribution in [0.2, 0.25) is 0 Å². The minimum absolute atomic E-state index is 0.00499. The largest absolute Gasteiger partial charge is 0.384 e. The van der Waals surface area contributed by atoms with Crippen LogP contribution in [0.4, 0.5) is 0 Å². The molecule has 2 aromatic heterocycles. The lowest BCUT2D eigenvalue weighted by molar-refractivity contribution is -0.136. The summed E-state index contributed by atoms with van der Waals surface area (Å²) >= 11 is 0. The first-order chi connectivity index (χ1) is 12.1. The van der Waals surface area contributed by atoms with Gasteiger partial charge in [-0.3, -0.25) is 4.79 Å². The average molecular weight is 343 g/mol. The summed E-state index contributed by atoms with van der Waals surface area (Å²) in [6.07, 6.45) is 5.24. The molecule has 1 saturated heterocycles. The van der Waals surface area contributed by atoms with E-state index in [-0.39, 0.29) is 11.9 Å². The normalized spacial score (nSPS) is 17.7. The summed E-state index contributed by atoms with van der Waals surface area (Å²) in [5, 5.41) is 0. The number of piperidine rings is 1. The van der Waals surface area contributed by atoms with Crippen molar-refractivity contribution in [2.24, 2.45) is 0 Å². The Morgan fingerprint density at radius 3 is 2.92 bits per heavy atom. The molecule has 1 aliphatic heterocycles. The summed E-state index contributed by atoms with van der Waals surface area (Å²) in [6, 6.07) is 1.95. The van der Waals surface area contributed by atoms with Crippen LogP contribution in [-0.4, -0.2) is 51.0 Å². The van der Waals surface area contributed by atoms with Gasteiger partial charge in [0, 0.05) is 25.5 Å². The first-order valence-electron chi connectivity index (χ1n) is 8.74. The first-order valence-corrected chi connectivity index (χ1v) is 8.74. The van der Waals surface area contributed by atoms with E-state index in [0.29, 0.717) is 18.9 Å². The summed E-state index contributed by atoms with van der Waals surface area (Å²) in [6.45, 7) is 5.05. The van der Waals surface area contributed by atoms with E-state index in [9.17, 15) is 4.79 Å². The number of aryl methyl sites for hydroxylation is 2. The quantitative estimate of drug-likeness (QED) is 0.902. The first kappa shape index (κ1) is 17.5. The SMILES string of the molecule is COCCC(=O)N1CCCCC1c1cc(-c2ncc(C)[nH]2)nc(C)n1. The number of hydrogen-bond donors (Lipinski definition) is 1. The number of imidazole rings is 1. The van der Waals surface area contributed by atoms with Crippen molar-refractivity contribution in [2.45, 2.75) is 45.6 Å². The molecule has 1 N–H and O–H groups in total. The van der Waals surface area contributed by atoms with Crippen molar-refractivity contribution >= 4 is 5.91 Å². The molecule has 0 aromatic carbocycles. The van der Waals surface area contributed by atoms with E-state index in [0.717, 1.165) is 48.7 Å². The molecule has 134 valence electrons. The van der Waals surface area contributed by atoms with Crippen LogP contribution in [0.1, 0.15) is 48.9 Å². The maximum atomic E-state index is 12.6. The molecule has 7 nitrogen and oxygen atoms in total. The van der Waals surface area contributed by atoms with E-state index in [1.807, 2.05) is 24.8 Å². The minimum atomic E-state index is -0.00499. The molecule has 7 heteroatoms. The van der Waals surface area contributed by atoms with Crippen molar-refractivity contribution < 1.29 is 9.53 Å². The monoisotopic (exact) mass is 343 g/mol. The van der Waals surface area contributed by atoms with Gasteiger partial charge in [-0.15, -0.1) is 0 Å². The summed E-state index contributed by atoms with van der Waals surface area (Å²) in [4.78, 5) is 31.2. The molecular formula is C18H25N5O2. The molecule has 25 heavy (non-hydrogen) atoms. The lowest BCUT2D eigenvalue weighted by Crippen LogP contribution is -2.39. The second-order valence-electron chi connectivity index (χ2n) is 6.48. The Morgan fingerprint density at radius 2 is 2.20 bits per heavy atom. The van der Waals surface area contributed by atoms with E-state index in [2.05, 4.69) is 19.9 Å². The van der Waals surface area contributed by atoms with E-state index in [1.165, 1.54) is 0 Å². The van der Waals surface area contributed by atoms with E-state index in [1.54, 1.807) is 13.3 Å². The van der Waals surface area contributed by atoms with Gasteiger partial charge in [0.2, 0.25) is 5.91 Å². The van der Waals surface area contributed by atoms with Crippen LogP contribution >= 0.6 is 0 Å². The van der Waals surface area contributed by atoms with Gasteiger partial charge in [-0.25, -0.2) is 15.0 Å². The van der Waals surface area contributed by atoms with Gasteiger partial charge in [-0.2, -0.15) is 0 Å². The lowest BCUT2D eigenvalue weighted by atomic mass is 9.98. The molecule has 0 spiro atoms. The fourth-order valence-corrected chi connectivity index (χ4v) is 3.30. The highest BCUT2D eigenvalue weighted by Gasteiger charge is 2.29. The van der Waals surface area contributed by atoms with Gasteiger partial charge < -0.3 is 14.6 Å². The maximum Gasteiger partial charge on any atom is 0.225 e. The number of nitrogens with zero attached hydrogens (tertiary/aromatic N) is 4. The van der Waals surface area contributed by atoms with Gasteiger partial charge >= 0.3 is 0 Å². The Hall–Kier alpha value is -2.28. The van der Waals surface area contributed by atoms with Crippen LogP contribution in [0.3, 0.4) is 0 Å². The molecular weight excluding hydrogens is 318 g/mol. The van der Waals surface area contributed by atoms with Crippen molar-refractivity contribution in [2.75, 3.05) is 20.3 Å². The third-order valence-corrected chi connectivity index (χ3v) is 4.49. The van der Waals surface area contributed by atoms with Crippen LogP contribution in [0.5, 0.6) is 0 Å². The number of aromatic amines is 1. The molecule has 1 fully saturated rings. The van der Waals surface area contributed by atoms with Gasteiger partial charge in [-0.05, 0) is 39.2 Å². The standard InChI is InChI=1S/C18H25N5O2/c1-12-11-19-18(20-12)15-10-14(21-13(2)22-15)16-6-4-5-8-23(16)17(24)7-9-25-3/h10-11,16H,4-9H2,1-3H3,(H,19,20). The number of amides is 1. The van der Waals surface area contributed by atoms with Crippen molar-refractivity contribution in [1.29, 1.82) is 0 Å². The zero-order chi connectivity index (χ0) is 17.8. The maximum absolute atomic E-state index is 12.6. The molecule has 0 aliphatic carbocycles. The second kappa shape index (κ2) is 7.74. The molecule has 1 unspecified atom stereocenters. The Bertz CT molecular complexity index is 743. The predicted octanol–water partition coefficient (Wildman–Crippen LogP) is 2.57. The van der Waals surface area contributed by atoms with Gasteiger partial charge in [0.15, 0.2) is 5.82 Å². The predicted molar refractivity (Wildman–Crippen MR) is 93.9 cm³/mol. The van der Waals surface area contributed by atoms with Crippen LogP contribution in [-0.2, 0) is 9.53 Å². The molecule has 1 aliphatic rings. The van der Waals surface area contributed by atoms with E-state index in [4.69, 9.17) is 4.74 Å². The third kappa shape index (κ3) is 4.04. The van der Waals surface area contributed by atoms with Gasteiger partial charge in [0.05, 0.1) is 24.8 Å². The van der Waals surface area contributed by atoms with E-state index >= 15 is 0 Å². The topological polar surface area (TPSA) is 84.0 Å². The van der Waals surface area contributed by atoms with E-state index < -0.39 is 0 Å². The number of carbonyl (C=O) groups is 1. The molecule has 0 bridgehead atoms. The smallest absolute Gasteiger partial charge is 0.225 e. The number of nitrogens with one attached hydrogen (secondary N) is 1. The number of ether oxygens (including phenoxy) is 1. The molecule has 3 rings (SSSR count). The zero-order valence-electron chi connectivity index (χ0n) is 15.1. The highest BCUT2D eigenvalue weighted by Crippen LogP contribution is 2.31. The van der Waals surface area contributed by atoms with Crippen LogP contribution in [0, 0.1) is 13.8 Å². The highest BCUT2D eigenvalue weighted by molar-refractivity contribution is 5.77. The molecule has 0 radical (unpaired) electrons. The molecule has 3 heterocycles. The van der Waals surface area contributed by atoms with Gasteiger partial charge in [0.1, 0.15) is 11.5 Å². The van der Waals surface area contributed by atoms with Crippen molar-refractivity contribution in [3.8, 4) is 11.5 Å². The Kier molecular flexibility index (Phi) is 5.43. The summed E-state index contributed by atoms with van der Waals surface area (Å²) < 4.78 is 5.06. The summed E-state index contributed by atoms with van der Waals surface area (Å²) in [7, 11) is 1.62. The highest BCUT2D eigenvalue weighted by atomic mass is 16.5. The van der Waals surface area contributed by atoms with Gasteiger partial charge in [0.25, 0.3) is 0 Å². The fraction of sp³-hybridized carbons (Fsp3) is 0.556. The summed E-state index contributed by atoms with van der Waals surface area (Å²) in [5.41, 5.74) is 2.65. The second-order valence-corrected chi connectivity index (χ2v) is 6.48. The number of methoxy groups -OCH3 is 1. The Labute approximate surface area is 147 Å². The number of aromatic nitrogens is 4. The third-order valence-electron chi connectivity index (χ3n) is 4.49. The summed E-state index contributed by atoms with van der Waals surface area (Å²) in [5.74, 6) is 1.55. The fourth-order valence-electron chi connectivity index (χ4n) is 3.30. The van der Waals surface area contributed by atoms with Crippen LogP contribution < -0.4 is 0 Å². The Morgan fingerprint density at radius 1 is 1.36 bits per heavy atom. The van der Waals surface area contributed by atoms with Crippen molar-refractivity contribution in [3.63, 3.8) is 0 Å². The van der Waals surface area contributed by atoms with Crippen molar-refractivity contribution in [1.82, 2.24) is 24.8 Å². The molecule has 0 saturated carbocycles. The van der Waals surface area contributed by atoms with Crippen LogP contribution in [0.25, 0.3) is 11.5 Å². The Balaban J connectivity index is 1.90. The lowest BCUT2D eigenvalue weighted by Gasteiger charge is -2.35. The molecule has 1 atom stereocenters. The van der Waals surface area contributed by atoms with Crippen molar-refractivity contribution in [3.05, 3.63) is 29.5 Å². The number of hydrogen-bond acceptors (Lipinski definition) is 5. The number of H-pyrrole nitrogens is 1. The molecule has 2 aromatic rings. The average Bonchev–Trinajstić information content (AvgIpc) is 3.05. The van der Waals surface area contributed by atoms with Gasteiger partial charge in [-0.1, -0.05) is 0 Å². The number of likely N-dealkylation sites (tertiary alicyclic amines) is 1. The number of rotatable bonds is 5. The zero-order valence-corrected chi connectivity index (χ0v) is 15.1.